The Morgan fingerprint density at radius 3 is 2.20 bits per heavy atom. The molecule has 0 aromatic carbocycles. The number of hydrogen-bond acceptors (Lipinski definition) is 2. The first-order valence-electron chi connectivity index (χ1n) is 5.34. The summed E-state index contributed by atoms with van der Waals surface area (Å²) in [6.45, 7) is 8.06. The molecular formula is C11H22N2OS. The summed E-state index contributed by atoms with van der Waals surface area (Å²) < 4.78 is 0. The van der Waals surface area contributed by atoms with Gasteiger partial charge in [0.1, 0.15) is 0 Å². The fourth-order valence-corrected chi connectivity index (χ4v) is 1.53. The lowest BCUT2D eigenvalue weighted by Crippen LogP contribution is -2.49. The molecule has 0 saturated heterocycles. The fourth-order valence-electron chi connectivity index (χ4n) is 1.27. The van der Waals surface area contributed by atoms with E-state index in [0.717, 1.165) is 6.42 Å². The summed E-state index contributed by atoms with van der Waals surface area (Å²) in [5, 5.41) is 0. The van der Waals surface area contributed by atoms with Crippen molar-refractivity contribution in [2.24, 2.45) is 11.7 Å². The first kappa shape index (κ1) is 14.4. The molecule has 0 aromatic rings. The van der Waals surface area contributed by atoms with E-state index < -0.39 is 0 Å². The van der Waals surface area contributed by atoms with E-state index in [0.29, 0.717) is 11.4 Å². The summed E-state index contributed by atoms with van der Waals surface area (Å²) in [4.78, 5) is 14.1. The van der Waals surface area contributed by atoms with E-state index in [9.17, 15) is 4.79 Å². The number of carbonyl (C=O) groups excluding carboxylic acids is 1. The van der Waals surface area contributed by atoms with Gasteiger partial charge in [0, 0.05) is 12.6 Å². The number of rotatable bonds is 5. The summed E-state index contributed by atoms with van der Waals surface area (Å²) in [5.41, 5.74) is 5.41. The standard InChI is InChI=1S/C11H22N2OS/c1-6-8(9(12)15)10(14)13(5)11(3,4)7-2/h8H,6-7H2,1-5H3,(H2,12,15). The van der Waals surface area contributed by atoms with E-state index in [1.54, 1.807) is 4.90 Å². The van der Waals surface area contributed by atoms with Gasteiger partial charge in [-0.2, -0.15) is 0 Å². The predicted octanol–water partition coefficient (Wildman–Crippen LogP) is 1.95. The Hall–Kier alpha value is -0.640. The average molecular weight is 230 g/mol. The molecule has 0 aliphatic heterocycles. The van der Waals surface area contributed by atoms with Crippen LogP contribution in [0.4, 0.5) is 0 Å². The molecule has 0 fully saturated rings. The van der Waals surface area contributed by atoms with Crippen molar-refractivity contribution in [2.45, 2.75) is 46.1 Å². The predicted molar refractivity (Wildman–Crippen MR) is 67.7 cm³/mol. The highest BCUT2D eigenvalue weighted by Crippen LogP contribution is 2.20. The summed E-state index contributed by atoms with van der Waals surface area (Å²) in [6.07, 6.45) is 1.57. The van der Waals surface area contributed by atoms with Crippen LogP contribution >= 0.6 is 12.2 Å². The zero-order valence-electron chi connectivity index (χ0n) is 10.3. The fraction of sp³-hybridized carbons (Fsp3) is 0.818. The molecule has 0 heterocycles. The van der Waals surface area contributed by atoms with Crippen molar-refractivity contribution < 1.29 is 4.79 Å². The van der Waals surface area contributed by atoms with E-state index in [1.807, 2.05) is 27.8 Å². The van der Waals surface area contributed by atoms with Crippen molar-refractivity contribution in [1.29, 1.82) is 0 Å². The van der Waals surface area contributed by atoms with Gasteiger partial charge in [-0.05, 0) is 26.7 Å². The second-order valence-corrected chi connectivity index (χ2v) is 4.90. The number of thiocarbonyl (C=S) groups is 1. The SMILES string of the molecule is CCC(C(=O)N(C)C(C)(C)CC)C(N)=S. The summed E-state index contributed by atoms with van der Waals surface area (Å²) in [5.74, 6) is -0.298. The molecule has 0 aliphatic rings. The minimum absolute atomic E-state index is 0.0249. The molecule has 2 N–H and O–H groups in total. The third kappa shape index (κ3) is 3.45. The van der Waals surface area contributed by atoms with E-state index in [4.69, 9.17) is 18.0 Å². The van der Waals surface area contributed by atoms with Gasteiger partial charge < -0.3 is 10.6 Å². The first-order chi connectivity index (χ1) is 6.77. The monoisotopic (exact) mass is 230 g/mol. The number of hydrogen-bond donors (Lipinski definition) is 1. The summed E-state index contributed by atoms with van der Waals surface area (Å²) in [6, 6.07) is 0. The van der Waals surface area contributed by atoms with Crippen LogP contribution in [-0.2, 0) is 4.79 Å². The second kappa shape index (κ2) is 5.45. The van der Waals surface area contributed by atoms with Crippen LogP contribution in [0.1, 0.15) is 40.5 Å². The molecule has 3 nitrogen and oxygen atoms in total. The average Bonchev–Trinajstić information content (AvgIpc) is 2.16. The number of amides is 1. The van der Waals surface area contributed by atoms with Gasteiger partial charge in [-0.15, -0.1) is 0 Å². The Kier molecular flexibility index (Phi) is 5.21. The third-order valence-electron chi connectivity index (χ3n) is 3.15. The Morgan fingerprint density at radius 1 is 1.47 bits per heavy atom. The van der Waals surface area contributed by atoms with Gasteiger partial charge in [0.2, 0.25) is 5.91 Å². The zero-order chi connectivity index (χ0) is 12.2. The van der Waals surface area contributed by atoms with Gasteiger partial charge >= 0.3 is 0 Å². The molecule has 0 radical (unpaired) electrons. The maximum Gasteiger partial charge on any atom is 0.232 e. The number of nitrogens with zero attached hydrogens (tertiary/aromatic N) is 1. The molecule has 0 aromatic heterocycles. The van der Waals surface area contributed by atoms with Crippen LogP contribution < -0.4 is 5.73 Å². The van der Waals surface area contributed by atoms with Crippen molar-refractivity contribution in [3.05, 3.63) is 0 Å². The Morgan fingerprint density at radius 2 is 1.93 bits per heavy atom. The van der Waals surface area contributed by atoms with Crippen molar-refractivity contribution >= 4 is 23.1 Å². The topological polar surface area (TPSA) is 46.3 Å². The Balaban J connectivity index is 4.77. The van der Waals surface area contributed by atoms with E-state index in [-0.39, 0.29) is 17.4 Å². The van der Waals surface area contributed by atoms with Crippen molar-refractivity contribution in [3.63, 3.8) is 0 Å². The van der Waals surface area contributed by atoms with Gasteiger partial charge in [-0.25, -0.2) is 0 Å². The van der Waals surface area contributed by atoms with Gasteiger partial charge in [0.25, 0.3) is 0 Å². The minimum Gasteiger partial charge on any atom is -0.393 e. The number of carbonyl (C=O) groups is 1. The molecule has 15 heavy (non-hydrogen) atoms. The van der Waals surface area contributed by atoms with Crippen LogP contribution in [0.3, 0.4) is 0 Å². The van der Waals surface area contributed by atoms with Crippen LogP contribution in [0, 0.1) is 5.92 Å². The highest BCUT2D eigenvalue weighted by Gasteiger charge is 2.31. The molecule has 1 unspecified atom stereocenters. The highest BCUT2D eigenvalue weighted by atomic mass is 32.1. The second-order valence-electron chi connectivity index (χ2n) is 4.43. The Labute approximate surface area is 98.0 Å². The smallest absolute Gasteiger partial charge is 0.232 e. The first-order valence-corrected chi connectivity index (χ1v) is 5.75. The van der Waals surface area contributed by atoms with Gasteiger partial charge in [-0.3, -0.25) is 4.79 Å². The molecule has 4 heteroatoms. The van der Waals surface area contributed by atoms with Crippen molar-refractivity contribution in [1.82, 2.24) is 4.90 Å². The van der Waals surface area contributed by atoms with Crippen LogP contribution in [0.5, 0.6) is 0 Å². The molecule has 0 saturated carbocycles. The maximum absolute atomic E-state index is 12.1. The minimum atomic E-state index is -0.323. The quantitative estimate of drug-likeness (QED) is 0.734. The van der Waals surface area contributed by atoms with Crippen LogP contribution in [0.25, 0.3) is 0 Å². The molecule has 1 atom stereocenters. The van der Waals surface area contributed by atoms with E-state index >= 15 is 0 Å². The zero-order valence-corrected chi connectivity index (χ0v) is 11.1. The Bertz CT molecular complexity index is 251. The van der Waals surface area contributed by atoms with Crippen LogP contribution in [-0.4, -0.2) is 28.4 Å². The van der Waals surface area contributed by atoms with Gasteiger partial charge in [0.15, 0.2) is 0 Å². The van der Waals surface area contributed by atoms with E-state index in [2.05, 4.69) is 6.92 Å². The largest absolute Gasteiger partial charge is 0.393 e. The van der Waals surface area contributed by atoms with Crippen LogP contribution in [0.2, 0.25) is 0 Å². The molecule has 1 amide bonds. The van der Waals surface area contributed by atoms with E-state index in [1.165, 1.54) is 0 Å². The van der Waals surface area contributed by atoms with Crippen molar-refractivity contribution in [3.8, 4) is 0 Å². The normalized spacial score (nSPS) is 13.4. The highest BCUT2D eigenvalue weighted by molar-refractivity contribution is 7.80. The molecule has 0 spiro atoms. The summed E-state index contributed by atoms with van der Waals surface area (Å²) in [7, 11) is 1.81. The lowest BCUT2D eigenvalue weighted by atomic mass is 9.96. The molecule has 0 rings (SSSR count). The lowest BCUT2D eigenvalue weighted by molar-refractivity contribution is -0.137. The van der Waals surface area contributed by atoms with Crippen molar-refractivity contribution in [2.75, 3.05) is 7.05 Å². The van der Waals surface area contributed by atoms with Gasteiger partial charge in [-0.1, -0.05) is 26.1 Å². The maximum atomic E-state index is 12.1. The van der Waals surface area contributed by atoms with Crippen LogP contribution in [0.15, 0.2) is 0 Å². The summed E-state index contributed by atoms with van der Waals surface area (Å²) >= 11 is 4.90. The molecule has 88 valence electrons. The van der Waals surface area contributed by atoms with Gasteiger partial charge in [0.05, 0.1) is 10.9 Å². The molecule has 0 bridgehead atoms. The molecular weight excluding hydrogens is 208 g/mol. The number of nitrogens with two attached hydrogens (primary N) is 1. The molecule has 0 aliphatic carbocycles. The lowest BCUT2D eigenvalue weighted by Gasteiger charge is -2.36. The third-order valence-corrected chi connectivity index (χ3v) is 3.44.